The Morgan fingerprint density at radius 2 is 0.967 bits per heavy atom. The Morgan fingerprint density at radius 3 is 1.73 bits per heavy atom. The summed E-state index contributed by atoms with van der Waals surface area (Å²) in [4.78, 5) is 0. The van der Waals surface area contributed by atoms with E-state index in [9.17, 15) is 5.26 Å². The molecular weight excluding hydrogens is 725 g/mol. The number of benzene rings is 10. The minimum Gasteiger partial charge on any atom is -0.309 e. The molecule has 0 saturated heterocycles. The fraction of sp³-hybridized carbons (Fsp3) is 0.0517. The monoisotopic (exact) mass is 762 g/mol. The van der Waals surface area contributed by atoms with Crippen LogP contribution >= 0.6 is 0 Å². The third kappa shape index (κ3) is 5.48. The second kappa shape index (κ2) is 13.7. The highest BCUT2D eigenvalue weighted by Crippen LogP contribution is 2.43. The summed E-state index contributed by atoms with van der Waals surface area (Å²) in [5.41, 5.74) is 15.8. The summed E-state index contributed by atoms with van der Waals surface area (Å²) >= 11 is 0. The lowest BCUT2D eigenvalue weighted by Gasteiger charge is -2.17. The number of nitrogens with zero attached hydrogens (tertiary/aromatic N) is 2. The molecule has 0 saturated carbocycles. The van der Waals surface area contributed by atoms with E-state index in [2.05, 4.69) is 199 Å². The summed E-state index contributed by atoms with van der Waals surface area (Å²) in [7, 11) is 0. The highest BCUT2D eigenvalue weighted by molar-refractivity contribution is 6.25. The zero-order valence-corrected chi connectivity index (χ0v) is 32.9. The summed E-state index contributed by atoms with van der Waals surface area (Å²) in [5, 5.41) is 19.5. The molecule has 12 rings (SSSR count). The first kappa shape index (κ1) is 34.3. The second-order valence-electron chi connectivity index (χ2n) is 16.4. The van der Waals surface area contributed by atoms with Crippen molar-refractivity contribution in [1.29, 1.82) is 5.26 Å². The van der Waals surface area contributed by atoms with Gasteiger partial charge in [-0.05, 0) is 150 Å². The lowest BCUT2D eigenvalue weighted by atomic mass is 9.87. The average molecular weight is 763 g/mol. The summed E-state index contributed by atoms with van der Waals surface area (Å²) in [6, 6.07) is 75.8. The fourth-order valence-electron chi connectivity index (χ4n) is 10.2. The van der Waals surface area contributed by atoms with E-state index in [0.717, 1.165) is 18.4 Å². The van der Waals surface area contributed by atoms with Crippen LogP contribution in [0.25, 0.3) is 93.2 Å². The molecule has 1 atom stereocenters. The smallest absolute Gasteiger partial charge is 0.0991 e. The van der Waals surface area contributed by atoms with Crippen molar-refractivity contribution >= 4 is 54.1 Å². The van der Waals surface area contributed by atoms with Crippen molar-refractivity contribution in [2.75, 3.05) is 0 Å². The SMILES string of the molecule is N#Cc1ccc(-c2cccc(C3Cc4ccccc4-c4cc(-c5ccc6c(c5)c5ccccc5n6-c5ccc6c7ccccc7c7ccccc7c6c5)ccc4C3)c2)cc1. The normalized spacial score (nSPS) is 13.7. The van der Waals surface area contributed by atoms with E-state index in [-0.39, 0.29) is 0 Å². The number of rotatable bonds is 4. The number of aromatic nitrogens is 1. The predicted octanol–water partition coefficient (Wildman–Crippen LogP) is 15.0. The van der Waals surface area contributed by atoms with Gasteiger partial charge in [-0.2, -0.15) is 5.26 Å². The largest absolute Gasteiger partial charge is 0.309 e. The molecule has 0 radical (unpaired) electrons. The topological polar surface area (TPSA) is 28.7 Å². The van der Waals surface area contributed by atoms with Gasteiger partial charge >= 0.3 is 0 Å². The van der Waals surface area contributed by atoms with E-state index in [1.807, 2.05) is 12.1 Å². The van der Waals surface area contributed by atoms with E-state index in [1.54, 1.807) is 0 Å². The van der Waals surface area contributed by atoms with Crippen molar-refractivity contribution in [2.45, 2.75) is 18.8 Å². The van der Waals surface area contributed by atoms with Gasteiger partial charge in [0.05, 0.1) is 22.7 Å². The molecular formula is C58H38N2. The van der Waals surface area contributed by atoms with Crippen molar-refractivity contribution in [3.63, 3.8) is 0 Å². The van der Waals surface area contributed by atoms with E-state index in [1.165, 1.54) is 104 Å². The maximum Gasteiger partial charge on any atom is 0.0991 e. The van der Waals surface area contributed by atoms with E-state index in [0.29, 0.717) is 11.5 Å². The molecule has 2 nitrogen and oxygen atoms in total. The minimum absolute atomic E-state index is 0.339. The molecule has 11 aromatic rings. The molecule has 0 amide bonds. The molecule has 1 unspecified atom stereocenters. The van der Waals surface area contributed by atoms with E-state index < -0.39 is 0 Å². The average Bonchev–Trinajstić information content (AvgIpc) is 3.55. The Balaban J connectivity index is 0.958. The summed E-state index contributed by atoms with van der Waals surface area (Å²) in [5.74, 6) is 0.339. The van der Waals surface area contributed by atoms with Crippen LogP contribution in [0.15, 0.2) is 200 Å². The fourth-order valence-corrected chi connectivity index (χ4v) is 10.2. The standard InChI is InChI=1S/C58H38N2/c59-36-37-20-22-38(23-21-37)39-11-9-12-40(30-39)45-31-43-10-1-2-13-47(43)54-33-41(24-25-44(54)32-45)42-26-29-58-56(34-42)53-18-7-8-19-57(53)60(58)46-27-28-52-50-16-4-3-14-48(50)49-15-5-6-17-51(49)55(52)35-46/h1-30,33-35,45H,31-32H2. The Morgan fingerprint density at radius 1 is 0.383 bits per heavy atom. The van der Waals surface area contributed by atoms with Crippen LogP contribution in [0.1, 0.15) is 28.2 Å². The molecule has 1 aromatic heterocycles. The summed E-state index contributed by atoms with van der Waals surface area (Å²) in [6.45, 7) is 0. The van der Waals surface area contributed by atoms with Gasteiger partial charge in [0.25, 0.3) is 0 Å². The molecule has 10 aromatic carbocycles. The molecule has 1 aliphatic carbocycles. The van der Waals surface area contributed by atoms with E-state index in [4.69, 9.17) is 0 Å². The van der Waals surface area contributed by atoms with Crippen molar-refractivity contribution in [2.24, 2.45) is 0 Å². The van der Waals surface area contributed by atoms with Crippen molar-refractivity contribution < 1.29 is 0 Å². The number of nitriles is 1. The van der Waals surface area contributed by atoms with Crippen LogP contribution in [0.2, 0.25) is 0 Å². The first-order chi connectivity index (χ1) is 29.7. The Bertz CT molecular complexity index is 3530. The zero-order chi connectivity index (χ0) is 39.7. The molecule has 1 heterocycles. The van der Waals surface area contributed by atoms with Gasteiger partial charge in [0, 0.05) is 16.5 Å². The third-order valence-corrected chi connectivity index (χ3v) is 13.0. The van der Waals surface area contributed by atoms with Crippen LogP contribution in [-0.4, -0.2) is 4.57 Å². The van der Waals surface area contributed by atoms with Crippen LogP contribution in [-0.2, 0) is 12.8 Å². The van der Waals surface area contributed by atoms with Crippen LogP contribution in [0.4, 0.5) is 0 Å². The van der Waals surface area contributed by atoms with Gasteiger partial charge in [-0.3, -0.25) is 0 Å². The van der Waals surface area contributed by atoms with Crippen LogP contribution in [0, 0.1) is 11.3 Å². The molecule has 0 bridgehead atoms. The van der Waals surface area contributed by atoms with Crippen LogP contribution in [0.3, 0.4) is 0 Å². The quantitative estimate of drug-likeness (QED) is 0.164. The Labute approximate surface area is 348 Å². The van der Waals surface area contributed by atoms with Crippen LogP contribution < -0.4 is 0 Å². The maximum atomic E-state index is 9.33. The summed E-state index contributed by atoms with van der Waals surface area (Å²) < 4.78 is 2.45. The molecule has 0 spiro atoms. The Kier molecular flexibility index (Phi) is 7.83. The van der Waals surface area contributed by atoms with Gasteiger partial charge in [-0.25, -0.2) is 0 Å². The van der Waals surface area contributed by atoms with Gasteiger partial charge in [-0.1, -0.05) is 152 Å². The lowest BCUT2D eigenvalue weighted by Crippen LogP contribution is -2.05. The molecule has 1 aliphatic rings. The maximum absolute atomic E-state index is 9.33. The van der Waals surface area contributed by atoms with Gasteiger partial charge < -0.3 is 4.57 Å². The number of hydrogen-bond donors (Lipinski definition) is 0. The van der Waals surface area contributed by atoms with Gasteiger partial charge in [0.15, 0.2) is 0 Å². The number of hydrogen-bond acceptors (Lipinski definition) is 1. The van der Waals surface area contributed by atoms with Crippen molar-refractivity contribution in [1.82, 2.24) is 4.57 Å². The van der Waals surface area contributed by atoms with Gasteiger partial charge in [0.2, 0.25) is 0 Å². The molecule has 2 heteroatoms. The van der Waals surface area contributed by atoms with Crippen molar-refractivity contribution in [3.8, 4) is 45.1 Å². The van der Waals surface area contributed by atoms with E-state index >= 15 is 0 Å². The molecule has 60 heavy (non-hydrogen) atoms. The first-order valence-electron chi connectivity index (χ1n) is 20.9. The molecule has 0 aliphatic heterocycles. The van der Waals surface area contributed by atoms with Gasteiger partial charge in [-0.15, -0.1) is 0 Å². The van der Waals surface area contributed by atoms with Crippen LogP contribution in [0.5, 0.6) is 0 Å². The number of para-hydroxylation sites is 1. The first-order valence-corrected chi connectivity index (χ1v) is 20.9. The zero-order valence-electron chi connectivity index (χ0n) is 32.9. The highest BCUT2D eigenvalue weighted by Gasteiger charge is 2.24. The number of fused-ring (bicyclic) bond motifs is 12. The van der Waals surface area contributed by atoms with Gasteiger partial charge in [0.1, 0.15) is 0 Å². The summed E-state index contributed by atoms with van der Waals surface area (Å²) in [6.07, 6.45) is 1.94. The molecule has 0 fully saturated rings. The minimum atomic E-state index is 0.339. The molecule has 0 N–H and O–H groups in total. The third-order valence-electron chi connectivity index (χ3n) is 13.0. The second-order valence-corrected chi connectivity index (χ2v) is 16.4. The predicted molar refractivity (Wildman–Crippen MR) is 251 cm³/mol. The van der Waals surface area contributed by atoms with Crippen molar-refractivity contribution in [3.05, 3.63) is 222 Å². The molecule has 280 valence electrons. The Hall–Kier alpha value is -7.73. The highest BCUT2D eigenvalue weighted by atomic mass is 15.0. The lowest BCUT2D eigenvalue weighted by molar-refractivity contribution is 0.689.